The molecule has 7 nitrogen and oxygen atoms in total. The number of piperazine rings is 1. The number of halogens is 1. The third-order valence-corrected chi connectivity index (χ3v) is 3.32. The largest absolute Gasteiger partial charge is 0.444 e. The average Bonchev–Trinajstić information content (AvgIpc) is 2.45. The lowest BCUT2D eigenvalue weighted by Crippen LogP contribution is -2.57. The Labute approximate surface area is 140 Å². The summed E-state index contributed by atoms with van der Waals surface area (Å²) in [6, 6.07) is 4.45. The summed E-state index contributed by atoms with van der Waals surface area (Å²) in [5, 5.41) is 6.06. The van der Waals surface area contributed by atoms with Gasteiger partial charge in [-0.05, 0) is 32.9 Å². The molecule has 2 heterocycles. The van der Waals surface area contributed by atoms with Gasteiger partial charge >= 0.3 is 6.09 Å². The number of carbonyl (C=O) groups is 2. The van der Waals surface area contributed by atoms with E-state index in [9.17, 15) is 9.59 Å². The van der Waals surface area contributed by atoms with Crippen LogP contribution in [0.25, 0.3) is 0 Å². The molecule has 0 spiro atoms. The number of aromatic nitrogens is 1. The number of nitrogens with one attached hydrogen (secondary N) is 2. The fourth-order valence-electron chi connectivity index (χ4n) is 2.11. The number of carbonyl (C=O) groups excluding carboxylic acids is 2. The zero-order valence-corrected chi connectivity index (χ0v) is 14.2. The maximum Gasteiger partial charge on any atom is 0.410 e. The van der Waals surface area contributed by atoms with Crippen LogP contribution in [0.4, 0.5) is 10.6 Å². The van der Waals surface area contributed by atoms with E-state index in [1.807, 2.05) is 20.8 Å². The van der Waals surface area contributed by atoms with Gasteiger partial charge in [-0.3, -0.25) is 4.79 Å². The van der Waals surface area contributed by atoms with E-state index < -0.39 is 17.7 Å². The number of hydrogen-bond donors (Lipinski definition) is 2. The fourth-order valence-corrected chi connectivity index (χ4v) is 2.27. The molecule has 1 aromatic rings. The normalized spacial score (nSPS) is 18.4. The van der Waals surface area contributed by atoms with E-state index in [4.69, 9.17) is 16.3 Å². The van der Waals surface area contributed by atoms with Gasteiger partial charge in [-0.15, -0.1) is 0 Å². The van der Waals surface area contributed by atoms with Crippen LogP contribution in [-0.4, -0.2) is 53.2 Å². The lowest BCUT2D eigenvalue weighted by molar-refractivity contribution is -0.119. The molecular weight excluding hydrogens is 320 g/mol. The second-order valence-corrected chi connectivity index (χ2v) is 6.66. The zero-order chi connectivity index (χ0) is 17.0. The smallest absolute Gasteiger partial charge is 0.410 e. The monoisotopic (exact) mass is 340 g/mol. The Balaban J connectivity index is 1.95. The second-order valence-electron chi connectivity index (χ2n) is 6.27. The minimum atomic E-state index is -0.565. The molecule has 1 aliphatic heterocycles. The van der Waals surface area contributed by atoms with Gasteiger partial charge in [0.1, 0.15) is 22.6 Å². The molecular formula is C15H21ClN4O3. The van der Waals surface area contributed by atoms with Crippen LogP contribution < -0.4 is 10.6 Å². The minimum absolute atomic E-state index is 0.237. The molecule has 0 aromatic carbocycles. The Bertz CT molecular complexity index is 588. The first-order valence-corrected chi connectivity index (χ1v) is 7.77. The predicted molar refractivity (Wildman–Crippen MR) is 87.5 cm³/mol. The summed E-state index contributed by atoms with van der Waals surface area (Å²) in [5.41, 5.74) is -0.565. The maximum atomic E-state index is 12.3. The Morgan fingerprint density at radius 3 is 2.83 bits per heavy atom. The number of ether oxygens (including phenoxy) is 1. The van der Waals surface area contributed by atoms with Gasteiger partial charge in [-0.25, -0.2) is 9.78 Å². The van der Waals surface area contributed by atoms with Crippen LogP contribution in [0.2, 0.25) is 5.15 Å². The van der Waals surface area contributed by atoms with Crippen LogP contribution in [0.1, 0.15) is 20.8 Å². The third-order valence-electron chi connectivity index (χ3n) is 3.11. The van der Waals surface area contributed by atoms with Crippen molar-refractivity contribution in [2.45, 2.75) is 32.4 Å². The standard InChI is InChI=1S/C15H21ClN4O3/c1-15(2,3)23-14(22)20-8-7-17-10(9-20)13(21)19-12-6-4-5-11(16)18-12/h4-6,10,17H,7-9H2,1-3H3,(H,18,19,21)/t10-/m0/s1. The molecule has 0 radical (unpaired) electrons. The molecule has 1 aromatic heterocycles. The number of hydrogen-bond acceptors (Lipinski definition) is 5. The summed E-state index contributed by atoms with van der Waals surface area (Å²) in [6.07, 6.45) is -0.419. The third kappa shape index (κ3) is 5.37. The van der Waals surface area contributed by atoms with Gasteiger partial charge < -0.3 is 20.3 Å². The van der Waals surface area contributed by atoms with E-state index in [2.05, 4.69) is 15.6 Å². The Morgan fingerprint density at radius 2 is 2.17 bits per heavy atom. The molecule has 126 valence electrons. The van der Waals surface area contributed by atoms with E-state index in [0.717, 1.165) is 0 Å². The molecule has 8 heteroatoms. The molecule has 1 atom stereocenters. The van der Waals surface area contributed by atoms with Crippen molar-refractivity contribution >= 4 is 29.4 Å². The Hall–Kier alpha value is -1.86. The summed E-state index contributed by atoms with van der Waals surface area (Å²) in [7, 11) is 0. The SMILES string of the molecule is CC(C)(C)OC(=O)N1CCN[C@H](C(=O)Nc2cccc(Cl)n2)C1. The van der Waals surface area contributed by atoms with Crippen molar-refractivity contribution in [1.29, 1.82) is 0 Å². The molecule has 0 saturated carbocycles. The molecule has 1 fully saturated rings. The van der Waals surface area contributed by atoms with Crippen molar-refractivity contribution in [1.82, 2.24) is 15.2 Å². The van der Waals surface area contributed by atoms with Crippen molar-refractivity contribution in [3.05, 3.63) is 23.4 Å². The lowest BCUT2D eigenvalue weighted by atomic mass is 10.2. The summed E-state index contributed by atoms with van der Waals surface area (Å²) in [4.78, 5) is 29.9. The highest BCUT2D eigenvalue weighted by Crippen LogP contribution is 2.13. The van der Waals surface area contributed by atoms with Gasteiger partial charge in [0, 0.05) is 19.6 Å². The van der Waals surface area contributed by atoms with Crippen LogP contribution in [-0.2, 0) is 9.53 Å². The van der Waals surface area contributed by atoms with E-state index in [-0.39, 0.29) is 12.5 Å². The molecule has 2 rings (SSSR count). The van der Waals surface area contributed by atoms with Gasteiger partial charge in [0.15, 0.2) is 0 Å². The molecule has 2 N–H and O–H groups in total. The number of anilines is 1. The number of amides is 2. The number of pyridine rings is 1. The van der Waals surface area contributed by atoms with Crippen LogP contribution in [0, 0.1) is 0 Å². The molecule has 0 aliphatic carbocycles. The average molecular weight is 341 g/mol. The first-order valence-electron chi connectivity index (χ1n) is 7.39. The summed E-state index contributed by atoms with van der Waals surface area (Å²) in [5.74, 6) is 0.103. The fraction of sp³-hybridized carbons (Fsp3) is 0.533. The number of rotatable bonds is 2. The minimum Gasteiger partial charge on any atom is -0.444 e. The molecule has 0 unspecified atom stereocenters. The van der Waals surface area contributed by atoms with Crippen LogP contribution in [0.5, 0.6) is 0 Å². The van der Waals surface area contributed by atoms with E-state index >= 15 is 0 Å². The lowest BCUT2D eigenvalue weighted by Gasteiger charge is -2.34. The summed E-state index contributed by atoms with van der Waals surface area (Å²) >= 11 is 5.79. The van der Waals surface area contributed by atoms with Crippen LogP contribution in [0.15, 0.2) is 18.2 Å². The van der Waals surface area contributed by atoms with Gasteiger partial charge in [0.05, 0.1) is 0 Å². The van der Waals surface area contributed by atoms with Gasteiger partial charge in [0.2, 0.25) is 5.91 Å². The molecule has 2 amide bonds. The quantitative estimate of drug-likeness (QED) is 0.803. The van der Waals surface area contributed by atoms with Gasteiger partial charge in [-0.2, -0.15) is 0 Å². The van der Waals surface area contributed by atoms with Crippen LogP contribution >= 0.6 is 11.6 Å². The highest BCUT2D eigenvalue weighted by molar-refractivity contribution is 6.29. The topological polar surface area (TPSA) is 83.6 Å². The van der Waals surface area contributed by atoms with Crippen molar-refractivity contribution in [3.63, 3.8) is 0 Å². The highest BCUT2D eigenvalue weighted by atomic mass is 35.5. The maximum absolute atomic E-state index is 12.3. The number of nitrogens with zero attached hydrogens (tertiary/aromatic N) is 2. The first-order chi connectivity index (χ1) is 10.7. The predicted octanol–water partition coefficient (Wildman–Crippen LogP) is 1.88. The van der Waals surface area contributed by atoms with Gasteiger partial charge in [-0.1, -0.05) is 17.7 Å². The Kier molecular flexibility index (Phi) is 5.43. The molecule has 1 aliphatic rings. The summed E-state index contributed by atoms with van der Waals surface area (Å²) < 4.78 is 5.34. The molecule has 1 saturated heterocycles. The van der Waals surface area contributed by atoms with Crippen molar-refractivity contribution in [2.75, 3.05) is 25.0 Å². The van der Waals surface area contributed by atoms with Crippen LogP contribution in [0.3, 0.4) is 0 Å². The molecule has 23 heavy (non-hydrogen) atoms. The van der Waals surface area contributed by atoms with Crippen molar-refractivity contribution < 1.29 is 14.3 Å². The van der Waals surface area contributed by atoms with Crippen molar-refractivity contribution in [2.24, 2.45) is 0 Å². The van der Waals surface area contributed by atoms with Crippen molar-refractivity contribution in [3.8, 4) is 0 Å². The van der Waals surface area contributed by atoms with Gasteiger partial charge in [0.25, 0.3) is 0 Å². The van der Waals surface area contributed by atoms with E-state index in [1.165, 1.54) is 4.90 Å². The highest BCUT2D eigenvalue weighted by Gasteiger charge is 2.30. The zero-order valence-electron chi connectivity index (χ0n) is 13.4. The first kappa shape index (κ1) is 17.5. The summed E-state index contributed by atoms with van der Waals surface area (Å²) in [6.45, 7) is 6.67. The van der Waals surface area contributed by atoms with E-state index in [0.29, 0.717) is 24.1 Å². The Morgan fingerprint density at radius 1 is 1.43 bits per heavy atom. The molecule has 0 bridgehead atoms. The van der Waals surface area contributed by atoms with E-state index in [1.54, 1.807) is 18.2 Å². The second kappa shape index (κ2) is 7.14.